The predicted octanol–water partition coefficient (Wildman–Crippen LogP) is 3.59. The smallest absolute Gasteiger partial charge is 0.266 e. The highest BCUT2D eigenvalue weighted by molar-refractivity contribution is 7.92. The number of ether oxygens (including phenoxy) is 2. The fourth-order valence-electron chi connectivity index (χ4n) is 2.77. The highest BCUT2D eigenvalue weighted by atomic mass is 35.5. The van der Waals surface area contributed by atoms with Gasteiger partial charge >= 0.3 is 0 Å². The van der Waals surface area contributed by atoms with E-state index in [9.17, 15) is 13.2 Å². The van der Waals surface area contributed by atoms with E-state index in [1.165, 1.54) is 44.8 Å². The van der Waals surface area contributed by atoms with Crippen molar-refractivity contribution in [2.24, 2.45) is 0 Å². The third kappa shape index (κ3) is 5.25. The van der Waals surface area contributed by atoms with Crippen molar-refractivity contribution in [2.45, 2.75) is 4.90 Å². The average molecular weight is 462 g/mol. The van der Waals surface area contributed by atoms with Crippen molar-refractivity contribution in [3.8, 4) is 11.5 Å². The molecule has 1 heterocycles. The van der Waals surface area contributed by atoms with E-state index in [4.69, 9.17) is 21.1 Å². The molecular weight excluding hydrogens is 442 g/mol. The maximum absolute atomic E-state index is 13.2. The summed E-state index contributed by atoms with van der Waals surface area (Å²) in [6.45, 7) is -0.465. The van der Waals surface area contributed by atoms with Gasteiger partial charge in [-0.1, -0.05) is 11.6 Å². The zero-order valence-corrected chi connectivity index (χ0v) is 18.4. The van der Waals surface area contributed by atoms with Crippen LogP contribution < -0.4 is 19.1 Å². The van der Waals surface area contributed by atoms with Crippen LogP contribution in [0.3, 0.4) is 0 Å². The number of nitrogens with one attached hydrogen (secondary N) is 1. The number of nitrogens with zero attached hydrogens (tertiary/aromatic N) is 2. The normalized spacial score (nSPS) is 10.9. The molecule has 1 amide bonds. The second-order valence-electron chi connectivity index (χ2n) is 6.30. The zero-order valence-electron chi connectivity index (χ0n) is 16.8. The van der Waals surface area contributed by atoms with Crippen LogP contribution in [0.5, 0.6) is 11.5 Å². The number of carbonyl (C=O) groups is 1. The van der Waals surface area contributed by atoms with Crippen LogP contribution >= 0.6 is 11.6 Å². The minimum absolute atomic E-state index is 0.0360. The Morgan fingerprint density at radius 3 is 2.42 bits per heavy atom. The Balaban J connectivity index is 1.90. The summed E-state index contributed by atoms with van der Waals surface area (Å²) in [5, 5.41) is 2.97. The summed E-state index contributed by atoms with van der Waals surface area (Å²) in [5.74, 6) is 0.461. The monoisotopic (exact) mass is 461 g/mol. The minimum atomic E-state index is -4.06. The number of methoxy groups -OCH3 is 2. The minimum Gasteiger partial charge on any atom is -0.497 e. The lowest BCUT2D eigenvalue weighted by Crippen LogP contribution is -2.38. The van der Waals surface area contributed by atoms with Crippen molar-refractivity contribution in [1.82, 2.24) is 4.98 Å². The van der Waals surface area contributed by atoms with E-state index in [0.717, 1.165) is 4.31 Å². The molecule has 3 aromatic rings. The molecule has 0 radical (unpaired) electrons. The Morgan fingerprint density at radius 1 is 1.10 bits per heavy atom. The van der Waals surface area contributed by atoms with E-state index in [0.29, 0.717) is 27.9 Å². The molecule has 31 heavy (non-hydrogen) atoms. The summed E-state index contributed by atoms with van der Waals surface area (Å²) in [6.07, 6.45) is 2.70. The summed E-state index contributed by atoms with van der Waals surface area (Å²) in [6, 6.07) is 14.0. The van der Waals surface area contributed by atoms with Gasteiger partial charge in [-0.25, -0.2) is 8.42 Å². The number of hydrogen-bond acceptors (Lipinski definition) is 6. The van der Waals surface area contributed by atoms with Gasteiger partial charge in [0.1, 0.15) is 22.9 Å². The molecule has 0 spiro atoms. The van der Waals surface area contributed by atoms with Gasteiger partial charge in [0.2, 0.25) is 5.91 Å². The van der Waals surface area contributed by atoms with Gasteiger partial charge in [-0.2, -0.15) is 0 Å². The fourth-order valence-corrected chi connectivity index (χ4v) is 4.41. The van der Waals surface area contributed by atoms with Gasteiger partial charge < -0.3 is 14.8 Å². The summed E-state index contributed by atoms with van der Waals surface area (Å²) >= 11 is 6.09. The number of rotatable bonds is 8. The van der Waals surface area contributed by atoms with Crippen LogP contribution in [0.1, 0.15) is 0 Å². The molecular formula is C21H20ClN3O5S. The van der Waals surface area contributed by atoms with E-state index >= 15 is 0 Å². The molecule has 0 saturated heterocycles. The quantitative estimate of drug-likeness (QED) is 0.550. The molecule has 10 heteroatoms. The molecule has 0 bridgehead atoms. The van der Waals surface area contributed by atoms with Gasteiger partial charge in [0.05, 0.1) is 24.9 Å². The molecule has 1 aromatic heterocycles. The van der Waals surface area contributed by atoms with E-state index in [1.54, 1.807) is 36.4 Å². The van der Waals surface area contributed by atoms with E-state index in [1.807, 2.05) is 0 Å². The first-order valence-electron chi connectivity index (χ1n) is 9.05. The van der Waals surface area contributed by atoms with Crippen molar-refractivity contribution in [1.29, 1.82) is 0 Å². The summed E-state index contributed by atoms with van der Waals surface area (Å²) < 4.78 is 37.7. The number of pyridine rings is 1. The largest absolute Gasteiger partial charge is 0.497 e. The van der Waals surface area contributed by atoms with Gasteiger partial charge in [0, 0.05) is 18.1 Å². The average Bonchev–Trinajstić information content (AvgIpc) is 2.78. The Hall–Kier alpha value is -3.30. The molecule has 0 atom stereocenters. The maximum atomic E-state index is 13.2. The van der Waals surface area contributed by atoms with Crippen LogP contribution in [0.15, 0.2) is 71.9 Å². The van der Waals surface area contributed by atoms with E-state index in [-0.39, 0.29) is 4.90 Å². The molecule has 8 nitrogen and oxygen atoms in total. The lowest BCUT2D eigenvalue weighted by atomic mass is 10.3. The van der Waals surface area contributed by atoms with Crippen LogP contribution in [0.2, 0.25) is 5.02 Å². The number of benzene rings is 2. The fraction of sp³-hybridized carbons (Fsp3) is 0.143. The molecule has 0 aliphatic carbocycles. The number of anilines is 2. The highest BCUT2D eigenvalue weighted by Crippen LogP contribution is 2.28. The van der Waals surface area contributed by atoms with E-state index < -0.39 is 22.5 Å². The first-order valence-corrected chi connectivity index (χ1v) is 10.9. The number of halogens is 1. The van der Waals surface area contributed by atoms with Gasteiger partial charge in [0.15, 0.2) is 0 Å². The Kier molecular flexibility index (Phi) is 6.98. The number of carbonyl (C=O) groups excluding carboxylic acids is 1. The van der Waals surface area contributed by atoms with Gasteiger partial charge in [-0.05, 0) is 54.6 Å². The molecule has 0 aliphatic rings. The van der Waals surface area contributed by atoms with Crippen molar-refractivity contribution in [3.63, 3.8) is 0 Å². The summed E-state index contributed by atoms with van der Waals surface area (Å²) in [4.78, 5) is 16.6. The molecule has 0 unspecified atom stereocenters. The third-order valence-electron chi connectivity index (χ3n) is 4.31. The summed E-state index contributed by atoms with van der Waals surface area (Å²) in [5.41, 5.74) is 0.705. The SMILES string of the molecule is COc1ccc(N(CC(=O)Nc2ccc(OC)c(Cl)c2)S(=O)(=O)c2cccnc2)cc1. The number of hydrogen-bond donors (Lipinski definition) is 1. The molecule has 0 fully saturated rings. The molecule has 2 aromatic carbocycles. The molecule has 3 rings (SSSR count). The van der Waals surface area contributed by atoms with Crippen molar-refractivity contribution in [2.75, 3.05) is 30.4 Å². The second-order valence-corrected chi connectivity index (χ2v) is 8.57. The standard InChI is InChI=1S/C21H20ClN3O5S/c1-29-17-8-6-16(7-9-17)25(31(27,28)18-4-3-11-23-13-18)14-21(26)24-15-5-10-20(30-2)19(22)12-15/h3-13H,14H2,1-2H3,(H,24,26). The van der Waals surface area contributed by atoms with Gasteiger partial charge in [-0.15, -0.1) is 0 Å². The molecule has 162 valence electrons. The van der Waals surface area contributed by atoms with Crippen LogP contribution in [0.4, 0.5) is 11.4 Å². The number of aromatic nitrogens is 1. The Labute approximate surface area is 185 Å². The van der Waals surface area contributed by atoms with Crippen LogP contribution in [0.25, 0.3) is 0 Å². The van der Waals surface area contributed by atoms with Crippen LogP contribution in [0, 0.1) is 0 Å². The molecule has 0 aliphatic heterocycles. The molecule has 1 N–H and O–H groups in total. The lowest BCUT2D eigenvalue weighted by molar-refractivity contribution is -0.114. The van der Waals surface area contributed by atoms with Crippen molar-refractivity contribution >= 4 is 38.9 Å². The second kappa shape index (κ2) is 9.67. The predicted molar refractivity (Wildman–Crippen MR) is 118 cm³/mol. The molecule has 0 saturated carbocycles. The van der Waals surface area contributed by atoms with Crippen molar-refractivity contribution < 1.29 is 22.7 Å². The topological polar surface area (TPSA) is 97.8 Å². The first-order chi connectivity index (χ1) is 14.8. The number of sulfonamides is 1. The maximum Gasteiger partial charge on any atom is 0.266 e. The lowest BCUT2D eigenvalue weighted by Gasteiger charge is -2.24. The highest BCUT2D eigenvalue weighted by Gasteiger charge is 2.27. The summed E-state index contributed by atoms with van der Waals surface area (Å²) in [7, 11) is -1.07. The number of amides is 1. The first kappa shape index (κ1) is 22.4. The van der Waals surface area contributed by atoms with Gasteiger partial charge in [0.25, 0.3) is 10.0 Å². The van der Waals surface area contributed by atoms with Crippen LogP contribution in [-0.2, 0) is 14.8 Å². The van der Waals surface area contributed by atoms with Gasteiger partial charge in [-0.3, -0.25) is 14.1 Å². The zero-order chi connectivity index (χ0) is 22.4. The Morgan fingerprint density at radius 2 is 1.84 bits per heavy atom. The third-order valence-corrected chi connectivity index (χ3v) is 6.36. The Bertz CT molecular complexity index is 1160. The van der Waals surface area contributed by atoms with Crippen molar-refractivity contribution in [3.05, 3.63) is 72.0 Å². The van der Waals surface area contributed by atoms with E-state index in [2.05, 4.69) is 10.3 Å². The van der Waals surface area contributed by atoms with Crippen LogP contribution in [-0.4, -0.2) is 40.1 Å².